The fourth-order valence-corrected chi connectivity index (χ4v) is 3.26. The quantitative estimate of drug-likeness (QED) is 0.424. The molecular weight excluding hydrogens is 369 g/mol. The van der Waals surface area contributed by atoms with Crippen molar-refractivity contribution in [2.45, 2.75) is 30.9 Å². The zero-order valence-corrected chi connectivity index (χ0v) is 14.5. The molecule has 0 radical (unpaired) electrons. The van der Waals surface area contributed by atoms with Crippen molar-refractivity contribution in [3.8, 4) is 0 Å². The Hall–Kier alpha value is -2.55. The second kappa shape index (κ2) is 6.64. The number of alkyl halides is 3. The number of aryl methyl sites for hydroxylation is 2. The van der Waals surface area contributed by atoms with Gasteiger partial charge in [0.2, 0.25) is 0 Å². The number of nitrogens with one attached hydrogen (secondary N) is 1. The average Bonchev–Trinajstić information content (AvgIpc) is 2.53. The van der Waals surface area contributed by atoms with Gasteiger partial charge in [0, 0.05) is 23.3 Å². The summed E-state index contributed by atoms with van der Waals surface area (Å²) in [4.78, 5) is 28.9. The van der Waals surface area contributed by atoms with Crippen LogP contribution in [-0.2, 0) is 11.9 Å². The second-order valence-corrected chi connectivity index (χ2v) is 6.71. The predicted molar refractivity (Wildman–Crippen MR) is 91.4 cm³/mol. The lowest BCUT2D eigenvalue weighted by molar-refractivity contribution is -0.141. The number of benzene rings is 1. The lowest BCUT2D eigenvalue weighted by Gasteiger charge is -2.09. The van der Waals surface area contributed by atoms with Crippen LogP contribution in [0.3, 0.4) is 0 Å². The van der Waals surface area contributed by atoms with E-state index in [1.54, 1.807) is 6.07 Å². The molecule has 1 N–H and O–H groups in total. The first-order valence-electron chi connectivity index (χ1n) is 7.49. The van der Waals surface area contributed by atoms with E-state index in [0.29, 0.717) is 22.6 Å². The molecule has 1 aromatic carbocycles. The van der Waals surface area contributed by atoms with Crippen molar-refractivity contribution in [3.05, 3.63) is 67.4 Å². The van der Waals surface area contributed by atoms with E-state index in [1.165, 1.54) is 6.07 Å². The number of rotatable bonds is 3. The predicted octanol–water partition coefficient (Wildman–Crippen LogP) is 3.80. The Labute approximate surface area is 149 Å². The number of nitrogens with zero attached hydrogens (tertiary/aromatic N) is 1. The summed E-state index contributed by atoms with van der Waals surface area (Å²) in [5.74, 6) is 0.148. The third-order valence-electron chi connectivity index (χ3n) is 3.82. The van der Waals surface area contributed by atoms with Crippen LogP contribution in [0.15, 0.2) is 43.4 Å². The number of thioether (sulfide) groups is 1. The van der Waals surface area contributed by atoms with E-state index in [4.69, 9.17) is 4.42 Å². The molecule has 0 unspecified atom stereocenters. The standard InChI is InChI=1S/C17H13F3N2O3S/c1-8-3-11-10(5-15(24)25-12(11)4-9(8)2)7-26-16-21-13(17(18,19)20)6-14(23)22-16/h3-6H,7H2,1-2H3,(H,21,22,23). The summed E-state index contributed by atoms with van der Waals surface area (Å²) in [6.07, 6.45) is -4.71. The number of hydrogen-bond acceptors (Lipinski definition) is 5. The summed E-state index contributed by atoms with van der Waals surface area (Å²) >= 11 is 0.904. The van der Waals surface area contributed by atoms with Crippen molar-refractivity contribution in [1.29, 1.82) is 0 Å². The van der Waals surface area contributed by atoms with Crippen molar-refractivity contribution >= 4 is 22.7 Å². The average molecular weight is 382 g/mol. The van der Waals surface area contributed by atoms with Gasteiger partial charge in [-0.25, -0.2) is 9.78 Å². The van der Waals surface area contributed by atoms with Gasteiger partial charge in [-0.3, -0.25) is 4.79 Å². The van der Waals surface area contributed by atoms with Gasteiger partial charge in [-0.05, 0) is 42.7 Å². The van der Waals surface area contributed by atoms with Crippen LogP contribution in [0.1, 0.15) is 22.4 Å². The van der Waals surface area contributed by atoms with E-state index in [0.717, 1.165) is 22.9 Å². The number of aromatic nitrogens is 2. The third kappa shape index (κ3) is 3.82. The molecule has 9 heteroatoms. The summed E-state index contributed by atoms with van der Waals surface area (Å²) in [5.41, 5.74) is 0.233. The van der Waals surface area contributed by atoms with Crippen LogP contribution in [-0.4, -0.2) is 9.97 Å². The topological polar surface area (TPSA) is 76.0 Å². The molecule has 0 amide bonds. The van der Waals surface area contributed by atoms with Crippen LogP contribution in [0.25, 0.3) is 11.0 Å². The summed E-state index contributed by atoms with van der Waals surface area (Å²) < 4.78 is 43.5. The highest BCUT2D eigenvalue weighted by molar-refractivity contribution is 7.98. The summed E-state index contributed by atoms with van der Waals surface area (Å²) in [5, 5.41) is 0.518. The monoisotopic (exact) mass is 382 g/mol. The van der Waals surface area contributed by atoms with Crippen molar-refractivity contribution in [3.63, 3.8) is 0 Å². The molecule has 26 heavy (non-hydrogen) atoms. The highest BCUT2D eigenvalue weighted by atomic mass is 32.2. The molecule has 0 aliphatic carbocycles. The molecular formula is C17H13F3N2O3S. The van der Waals surface area contributed by atoms with E-state index in [1.807, 2.05) is 19.9 Å². The summed E-state index contributed by atoms with van der Waals surface area (Å²) in [7, 11) is 0. The van der Waals surface area contributed by atoms with Crippen LogP contribution in [0.4, 0.5) is 13.2 Å². The Kier molecular flexibility index (Phi) is 4.66. The van der Waals surface area contributed by atoms with Gasteiger partial charge < -0.3 is 9.40 Å². The zero-order chi connectivity index (χ0) is 19.1. The number of H-pyrrole nitrogens is 1. The fourth-order valence-electron chi connectivity index (χ4n) is 2.40. The van der Waals surface area contributed by atoms with E-state index < -0.39 is 23.1 Å². The maximum absolute atomic E-state index is 12.8. The van der Waals surface area contributed by atoms with E-state index in [-0.39, 0.29) is 10.9 Å². The Bertz CT molecular complexity index is 1100. The summed E-state index contributed by atoms with van der Waals surface area (Å²) in [6, 6.07) is 5.29. The molecule has 2 aromatic heterocycles. The van der Waals surface area contributed by atoms with Gasteiger partial charge in [0.1, 0.15) is 5.58 Å². The summed E-state index contributed by atoms with van der Waals surface area (Å²) in [6.45, 7) is 3.79. The zero-order valence-electron chi connectivity index (χ0n) is 13.7. The van der Waals surface area contributed by atoms with E-state index >= 15 is 0 Å². The maximum atomic E-state index is 12.8. The minimum atomic E-state index is -4.71. The molecule has 0 bridgehead atoms. The molecule has 3 aromatic rings. The molecule has 0 saturated heterocycles. The number of aromatic amines is 1. The molecule has 3 rings (SSSR count). The molecule has 0 spiro atoms. The van der Waals surface area contributed by atoms with Crippen molar-refractivity contribution < 1.29 is 17.6 Å². The van der Waals surface area contributed by atoms with Gasteiger partial charge >= 0.3 is 11.8 Å². The molecule has 2 heterocycles. The van der Waals surface area contributed by atoms with Crippen molar-refractivity contribution in [2.24, 2.45) is 0 Å². The van der Waals surface area contributed by atoms with Gasteiger partial charge in [-0.2, -0.15) is 13.2 Å². The highest BCUT2D eigenvalue weighted by Gasteiger charge is 2.33. The lowest BCUT2D eigenvalue weighted by Crippen LogP contribution is -2.16. The first kappa shape index (κ1) is 18.2. The van der Waals surface area contributed by atoms with E-state index in [2.05, 4.69) is 9.97 Å². The molecule has 0 fully saturated rings. The van der Waals surface area contributed by atoms with Gasteiger partial charge in [0.25, 0.3) is 5.56 Å². The molecule has 136 valence electrons. The number of halogens is 3. The molecule has 0 atom stereocenters. The first-order valence-corrected chi connectivity index (χ1v) is 8.47. The van der Waals surface area contributed by atoms with Crippen LogP contribution in [0.2, 0.25) is 0 Å². The largest absolute Gasteiger partial charge is 0.433 e. The molecule has 0 aliphatic rings. The second-order valence-electron chi connectivity index (χ2n) is 5.75. The molecule has 5 nitrogen and oxygen atoms in total. The van der Waals surface area contributed by atoms with Gasteiger partial charge in [-0.15, -0.1) is 0 Å². The van der Waals surface area contributed by atoms with Crippen molar-refractivity contribution in [1.82, 2.24) is 9.97 Å². The van der Waals surface area contributed by atoms with E-state index in [9.17, 15) is 22.8 Å². The Morgan fingerprint density at radius 1 is 1.12 bits per heavy atom. The fraction of sp³-hybridized carbons (Fsp3) is 0.235. The Morgan fingerprint density at radius 3 is 2.50 bits per heavy atom. The normalized spacial score (nSPS) is 11.9. The van der Waals surface area contributed by atoms with Crippen LogP contribution < -0.4 is 11.2 Å². The Morgan fingerprint density at radius 2 is 1.81 bits per heavy atom. The van der Waals surface area contributed by atoms with Crippen molar-refractivity contribution in [2.75, 3.05) is 0 Å². The third-order valence-corrected chi connectivity index (χ3v) is 4.74. The number of fused-ring (bicyclic) bond motifs is 1. The minimum Gasteiger partial charge on any atom is -0.423 e. The smallest absolute Gasteiger partial charge is 0.423 e. The Balaban J connectivity index is 1.98. The van der Waals surface area contributed by atoms with Crippen LogP contribution in [0.5, 0.6) is 0 Å². The van der Waals surface area contributed by atoms with Gasteiger partial charge in [0.05, 0.1) is 0 Å². The first-order chi connectivity index (χ1) is 12.1. The van der Waals surface area contributed by atoms with Gasteiger partial charge in [0.15, 0.2) is 10.9 Å². The SMILES string of the molecule is Cc1cc2oc(=O)cc(CSc3nc(C(F)(F)F)cc(=O)[nH]3)c2cc1C. The molecule has 0 saturated carbocycles. The maximum Gasteiger partial charge on any atom is 0.433 e. The highest BCUT2D eigenvalue weighted by Crippen LogP contribution is 2.29. The number of hydrogen-bond donors (Lipinski definition) is 1. The lowest BCUT2D eigenvalue weighted by atomic mass is 10.0. The molecule has 0 aliphatic heterocycles. The van der Waals surface area contributed by atoms with Crippen LogP contribution >= 0.6 is 11.8 Å². The van der Waals surface area contributed by atoms with Crippen LogP contribution in [0, 0.1) is 13.8 Å². The van der Waals surface area contributed by atoms with Gasteiger partial charge in [-0.1, -0.05) is 11.8 Å². The minimum absolute atomic E-state index is 0.148.